The Morgan fingerprint density at radius 3 is 2.15 bits per heavy atom. The highest BCUT2D eigenvalue weighted by molar-refractivity contribution is 6.05. The Hall–Kier alpha value is -3.27. The third-order valence-corrected chi connectivity index (χ3v) is 4.50. The molecule has 0 saturated heterocycles. The van der Waals surface area contributed by atoms with Gasteiger partial charge in [0, 0.05) is 12.0 Å². The molecule has 3 aromatic carbocycles. The fraction of sp³-hybridized carbons (Fsp3) is 0.0909. The molecule has 0 fully saturated rings. The molecule has 1 heterocycles. The van der Waals surface area contributed by atoms with Gasteiger partial charge in [-0.15, -0.1) is 0 Å². The van der Waals surface area contributed by atoms with Crippen LogP contribution in [-0.4, -0.2) is 16.6 Å². The van der Waals surface area contributed by atoms with Gasteiger partial charge in [0.1, 0.15) is 5.82 Å². The number of rotatable bonds is 3. The van der Waals surface area contributed by atoms with Gasteiger partial charge in [0.25, 0.3) is 5.91 Å². The molecule has 1 aliphatic rings. The van der Waals surface area contributed by atoms with Crippen LogP contribution in [0.25, 0.3) is 0 Å². The van der Waals surface area contributed by atoms with Gasteiger partial charge in [0.2, 0.25) is 0 Å². The molecule has 3 nitrogen and oxygen atoms in total. The van der Waals surface area contributed by atoms with E-state index in [1.165, 1.54) is 29.3 Å². The van der Waals surface area contributed by atoms with Crippen LogP contribution in [0.1, 0.15) is 33.9 Å². The molecule has 1 aliphatic heterocycles. The molecule has 0 bridgehead atoms. The second kappa shape index (κ2) is 6.92. The molecule has 128 valence electrons. The van der Waals surface area contributed by atoms with Gasteiger partial charge in [0.15, 0.2) is 0 Å². The molecule has 0 saturated carbocycles. The van der Waals surface area contributed by atoms with Crippen LogP contribution in [0.15, 0.2) is 90.0 Å². The fourth-order valence-electron chi connectivity index (χ4n) is 3.16. The predicted molar refractivity (Wildman–Crippen MR) is 99.3 cm³/mol. The van der Waals surface area contributed by atoms with Gasteiger partial charge in [-0.05, 0) is 35.4 Å². The molecular formula is C22H17FN2O. The van der Waals surface area contributed by atoms with Crippen LogP contribution in [0.4, 0.5) is 4.39 Å². The summed E-state index contributed by atoms with van der Waals surface area (Å²) in [6.07, 6.45) is 0.640. The maximum absolute atomic E-state index is 13.2. The third-order valence-electron chi connectivity index (χ3n) is 4.50. The lowest BCUT2D eigenvalue weighted by Gasteiger charge is -2.22. The summed E-state index contributed by atoms with van der Waals surface area (Å²) in [5.74, 6) is -0.596. The largest absolute Gasteiger partial charge is 0.274 e. The topological polar surface area (TPSA) is 32.7 Å². The first-order valence-electron chi connectivity index (χ1n) is 8.49. The fourth-order valence-corrected chi connectivity index (χ4v) is 3.16. The highest BCUT2D eigenvalue weighted by Crippen LogP contribution is 2.33. The number of hydrazone groups is 1. The first-order chi connectivity index (χ1) is 12.7. The zero-order valence-corrected chi connectivity index (χ0v) is 14.0. The summed E-state index contributed by atoms with van der Waals surface area (Å²) in [5, 5.41) is 6.14. The first-order valence-corrected chi connectivity index (χ1v) is 8.49. The lowest BCUT2D eigenvalue weighted by molar-refractivity contribution is 0.0711. The zero-order valence-electron chi connectivity index (χ0n) is 14.0. The Bertz CT molecular complexity index is 937. The normalized spacial score (nSPS) is 16.4. The van der Waals surface area contributed by atoms with Crippen LogP contribution in [-0.2, 0) is 0 Å². The van der Waals surface area contributed by atoms with Crippen molar-refractivity contribution >= 4 is 11.6 Å². The number of carbonyl (C=O) groups excluding carboxylic acids is 1. The molecule has 0 radical (unpaired) electrons. The first kappa shape index (κ1) is 16.2. The number of benzene rings is 3. The van der Waals surface area contributed by atoms with Crippen molar-refractivity contribution in [1.29, 1.82) is 0 Å². The third kappa shape index (κ3) is 3.14. The summed E-state index contributed by atoms with van der Waals surface area (Å²) in [6, 6.07) is 25.1. The molecule has 0 aromatic heterocycles. The second-order valence-corrected chi connectivity index (χ2v) is 6.20. The Labute approximate surface area is 151 Å². The number of nitrogens with zero attached hydrogens (tertiary/aromatic N) is 2. The SMILES string of the molecule is O=C(c1ccc(F)cc1)N1N=C(c2ccccc2)CC1c1ccccc1. The minimum atomic E-state index is -0.365. The monoisotopic (exact) mass is 344 g/mol. The quantitative estimate of drug-likeness (QED) is 0.671. The van der Waals surface area contributed by atoms with Crippen molar-refractivity contribution in [3.63, 3.8) is 0 Å². The standard InChI is InChI=1S/C22H17FN2O/c23-19-13-11-18(12-14-19)22(26)25-21(17-9-5-2-6-10-17)15-20(24-25)16-7-3-1-4-8-16/h1-14,21H,15H2. The van der Waals surface area contributed by atoms with E-state index in [1.54, 1.807) is 0 Å². The number of hydrogen-bond acceptors (Lipinski definition) is 2. The molecule has 0 spiro atoms. The van der Waals surface area contributed by atoms with E-state index in [4.69, 9.17) is 0 Å². The van der Waals surface area contributed by atoms with Crippen molar-refractivity contribution in [3.8, 4) is 0 Å². The Morgan fingerprint density at radius 1 is 0.885 bits per heavy atom. The summed E-state index contributed by atoms with van der Waals surface area (Å²) in [7, 11) is 0. The highest BCUT2D eigenvalue weighted by Gasteiger charge is 2.33. The Morgan fingerprint density at radius 2 is 1.50 bits per heavy atom. The van der Waals surface area contributed by atoms with Gasteiger partial charge in [-0.25, -0.2) is 9.40 Å². The molecule has 0 aliphatic carbocycles. The average Bonchev–Trinajstić information content (AvgIpc) is 3.15. The molecule has 4 rings (SSSR count). The second-order valence-electron chi connectivity index (χ2n) is 6.20. The van der Waals surface area contributed by atoms with Crippen LogP contribution in [0.5, 0.6) is 0 Å². The van der Waals surface area contributed by atoms with E-state index in [-0.39, 0.29) is 17.8 Å². The van der Waals surface area contributed by atoms with E-state index in [9.17, 15) is 9.18 Å². The number of amides is 1. The van der Waals surface area contributed by atoms with Crippen LogP contribution in [0.2, 0.25) is 0 Å². The van der Waals surface area contributed by atoms with E-state index >= 15 is 0 Å². The minimum absolute atomic E-state index is 0.177. The molecule has 1 atom stereocenters. The molecule has 1 amide bonds. The smallest absolute Gasteiger partial charge is 0.267 e. The van der Waals surface area contributed by atoms with Crippen molar-refractivity contribution in [2.75, 3.05) is 0 Å². The summed E-state index contributed by atoms with van der Waals surface area (Å²) < 4.78 is 13.2. The van der Waals surface area contributed by atoms with Gasteiger partial charge in [-0.2, -0.15) is 5.10 Å². The molecule has 26 heavy (non-hydrogen) atoms. The summed E-state index contributed by atoms with van der Waals surface area (Å²) in [4.78, 5) is 13.0. The highest BCUT2D eigenvalue weighted by atomic mass is 19.1. The van der Waals surface area contributed by atoms with Crippen molar-refractivity contribution in [2.45, 2.75) is 12.5 Å². The van der Waals surface area contributed by atoms with Gasteiger partial charge >= 0.3 is 0 Å². The molecule has 4 heteroatoms. The number of hydrogen-bond donors (Lipinski definition) is 0. The van der Waals surface area contributed by atoms with E-state index in [0.29, 0.717) is 12.0 Å². The lowest BCUT2D eigenvalue weighted by atomic mass is 9.98. The van der Waals surface area contributed by atoms with Crippen molar-refractivity contribution in [2.24, 2.45) is 5.10 Å². The summed E-state index contributed by atoms with van der Waals surface area (Å²) >= 11 is 0. The minimum Gasteiger partial charge on any atom is -0.267 e. The molecule has 0 N–H and O–H groups in total. The van der Waals surface area contributed by atoms with E-state index in [2.05, 4.69) is 5.10 Å². The maximum Gasteiger partial charge on any atom is 0.274 e. The van der Waals surface area contributed by atoms with E-state index < -0.39 is 0 Å². The van der Waals surface area contributed by atoms with Gasteiger partial charge in [-0.1, -0.05) is 60.7 Å². The number of carbonyl (C=O) groups is 1. The Balaban J connectivity index is 1.72. The number of halogens is 1. The average molecular weight is 344 g/mol. The zero-order chi connectivity index (χ0) is 17.9. The summed E-state index contributed by atoms with van der Waals surface area (Å²) in [5.41, 5.74) is 3.32. The van der Waals surface area contributed by atoms with E-state index in [0.717, 1.165) is 16.8 Å². The van der Waals surface area contributed by atoms with Crippen molar-refractivity contribution < 1.29 is 9.18 Å². The van der Waals surface area contributed by atoms with Crippen molar-refractivity contribution in [1.82, 2.24) is 5.01 Å². The van der Waals surface area contributed by atoms with Gasteiger partial charge < -0.3 is 0 Å². The van der Waals surface area contributed by atoms with E-state index in [1.807, 2.05) is 60.7 Å². The van der Waals surface area contributed by atoms with Gasteiger partial charge in [0.05, 0.1) is 11.8 Å². The van der Waals surface area contributed by atoms with Crippen LogP contribution in [0, 0.1) is 5.82 Å². The molecular weight excluding hydrogens is 327 g/mol. The maximum atomic E-state index is 13.2. The van der Waals surface area contributed by atoms with Crippen LogP contribution >= 0.6 is 0 Å². The summed E-state index contributed by atoms with van der Waals surface area (Å²) in [6.45, 7) is 0. The van der Waals surface area contributed by atoms with Crippen LogP contribution in [0.3, 0.4) is 0 Å². The van der Waals surface area contributed by atoms with Crippen LogP contribution < -0.4 is 0 Å². The predicted octanol–water partition coefficient (Wildman–Crippen LogP) is 4.82. The molecule has 3 aromatic rings. The lowest BCUT2D eigenvalue weighted by Crippen LogP contribution is -2.27. The molecule has 1 unspecified atom stereocenters. The van der Waals surface area contributed by atoms with Gasteiger partial charge in [-0.3, -0.25) is 4.79 Å². The van der Waals surface area contributed by atoms with Crippen molar-refractivity contribution in [3.05, 3.63) is 107 Å². The Kier molecular flexibility index (Phi) is 4.32.